The molecule has 142 valence electrons. The molecule has 0 bridgehead atoms. The predicted molar refractivity (Wildman–Crippen MR) is 98.2 cm³/mol. The third-order valence-corrected chi connectivity index (χ3v) is 4.44. The van der Waals surface area contributed by atoms with Crippen LogP contribution < -0.4 is 20.1 Å². The minimum absolute atomic E-state index is 0.285. The van der Waals surface area contributed by atoms with Gasteiger partial charge in [0.05, 0.1) is 13.7 Å². The van der Waals surface area contributed by atoms with Crippen LogP contribution in [0.5, 0.6) is 11.5 Å². The molecule has 1 fully saturated rings. The summed E-state index contributed by atoms with van der Waals surface area (Å²) in [5.74, 6) is 0.325. The Morgan fingerprint density at radius 2 is 1.63 bits per heavy atom. The van der Waals surface area contributed by atoms with Gasteiger partial charge in [0.2, 0.25) is 11.8 Å². The van der Waals surface area contributed by atoms with Gasteiger partial charge in [0.15, 0.2) is 0 Å². The number of ether oxygens (including phenoxy) is 2. The van der Waals surface area contributed by atoms with Crippen LogP contribution in [0.3, 0.4) is 0 Å². The molecule has 1 saturated carbocycles. The number of benzene rings is 2. The van der Waals surface area contributed by atoms with Crippen LogP contribution in [0.2, 0.25) is 0 Å². The third-order valence-electron chi connectivity index (χ3n) is 4.44. The van der Waals surface area contributed by atoms with Crippen LogP contribution in [0.15, 0.2) is 48.5 Å². The molecular weight excluding hydrogens is 351 g/mol. The largest absolute Gasteiger partial charge is 0.497 e. The van der Waals surface area contributed by atoms with Gasteiger partial charge in [0.25, 0.3) is 0 Å². The average Bonchev–Trinajstić information content (AvgIpc) is 3.49. The van der Waals surface area contributed by atoms with Crippen molar-refractivity contribution in [1.82, 2.24) is 5.32 Å². The third kappa shape index (κ3) is 4.55. The Bertz CT molecular complexity index is 802. The Balaban J connectivity index is 1.45. The van der Waals surface area contributed by atoms with Gasteiger partial charge in [-0.05, 0) is 61.4 Å². The molecule has 0 aromatic heterocycles. The molecule has 2 aromatic carbocycles. The number of halogens is 1. The summed E-state index contributed by atoms with van der Waals surface area (Å²) in [7, 11) is 1.59. The second kappa shape index (κ2) is 8.07. The van der Waals surface area contributed by atoms with Crippen molar-refractivity contribution in [2.24, 2.45) is 5.41 Å². The van der Waals surface area contributed by atoms with Crippen LogP contribution in [0.25, 0.3) is 0 Å². The number of rotatable bonds is 8. The van der Waals surface area contributed by atoms with Gasteiger partial charge >= 0.3 is 0 Å². The first kappa shape index (κ1) is 18.7. The minimum atomic E-state index is -1.05. The molecule has 27 heavy (non-hydrogen) atoms. The standard InChI is InChI=1S/C20H21FN2O4/c1-26-16-6-8-17(9-7-16)27-13-12-22-18(24)20(10-11-20)19(25)23-15-4-2-14(21)3-5-15/h2-9H,10-13H2,1H3,(H,22,24)(H,23,25). The predicted octanol–water partition coefficient (Wildman–Crippen LogP) is 2.75. The van der Waals surface area contributed by atoms with Crippen molar-refractivity contribution in [3.63, 3.8) is 0 Å². The summed E-state index contributed by atoms with van der Waals surface area (Å²) in [6.45, 7) is 0.574. The van der Waals surface area contributed by atoms with Crippen molar-refractivity contribution in [1.29, 1.82) is 0 Å². The highest BCUT2D eigenvalue weighted by Gasteiger charge is 2.56. The highest BCUT2D eigenvalue weighted by Crippen LogP contribution is 2.46. The van der Waals surface area contributed by atoms with Crippen molar-refractivity contribution >= 4 is 17.5 Å². The van der Waals surface area contributed by atoms with Crippen LogP contribution in [0.1, 0.15) is 12.8 Å². The monoisotopic (exact) mass is 372 g/mol. The lowest BCUT2D eigenvalue weighted by atomic mass is 10.1. The normalized spacial score (nSPS) is 14.1. The Labute approximate surface area is 156 Å². The van der Waals surface area contributed by atoms with Crippen molar-refractivity contribution in [2.45, 2.75) is 12.8 Å². The first-order chi connectivity index (χ1) is 13.0. The van der Waals surface area contributed by atoms with E-state index in [9.17, 15) is 14.0 Å². The number of nitrogens with one attached hydrogen (secondary N) is 2. The van der Waals surface area contributed by atoms with Gasteiger partial charge in [-0.3, -0.25) is 9.59 Å². The molecule has 1 aliphatic carbocycles. The van der Waals surface area contributed by atoms with E-state index in [-0.39, 0.29) is 30.8 Å². The van der Waals surface area contributed by atoms with E-state index in [0.717, 1.165) is 5.75 Å². The SMILES string of the molecule is COc1ccc(OCCNC(=O)C2(C(=O)Nc3ccc(F)cc3)CC2)cc1. The Kier molecular flexibility index (Phi) is 5.59. The number of methoxy groups -OCH3 is 1. The molecule has 3 rings (SSSR count). The summed E-state index contributed by atoms with van der Waals surface area (Å²) >= 11 is 0. The van der Waals surface area contributed by atoms with Crippen molar-refractivity contribution in [3.05, 3.63) is 54.3 Å². The summed E-state index contributed by atoms with van der Waals surface area (Å²) < 4.78 is 23.6. The van der Waals surface area contributed by atoms with E-state index in [1.807, 2.05) is 0 Å². The van der Waals surface area contributed by atoms with E-state index in [0.29, 0.717) is 24.3 Å². The fourth-order valence-corrected chi connectivity index (χ4v) is 2.64. The molecular formula is C20H21FN2O4. The molecule has 1 aliphatic rings. The summed E-state index contributed by atoms with van der Waals surface area (Å²) in [4.78, 5) is 24.8. The zero-order chi connectivity index (χ0) is 19.3. The zero-order valence-corrected chi connectivity index (χ0v) is 15.0. The molecule has 7 heteroatoms. The zero-order valence-electron chi connectivity index (χ0n) is 15.0. The maximum absolute atomic E-state index is 12.9. The van der Waals surface area contributed by atoms with Gasteiger partial charge in [-0.25, -0.2) is 4.39 Å². The molecule has 0 spiro atoms. The van der Waals surface area contributed by atoms with Crippen LogP contribution in [-0.4, -0.2) is 32.1 Å². The molecule has 0 atom stereocenters. The van der Waals surface area contributed by atoms with Gasteiger partial charge < -0.3 is 20.1 Å². The van der Waals surface area contributed by atoms with Gasteiger partial charge in [0, 0.05) is 5.69 Å². The molecule has 0 heterocycles. The number of hydrogen-bond acceptors (Lipinski definition) is 4. The van der Waals surface area contributed by atoms with E-state index in [2.05, 4.69) is 10.6 Å². The van der Waals surface area contributed by atoms with Gasteiger partial charge in [-0.2, -0.15) is 0 Å². The lowest BCUT2D eigenvalue weighted by Gasteiger charge is -2.15. The smallest absolute Gasteiger partial charge is 0.240 e. The minimum Gasteiger partial charge on any atom is -0.497 e. The van der Waals surface area contributed by atoms with Crippen LogP contribution >= 0.6 is 0 Å². The summed E-state index contributed by atoms with van der Waals surface area (Å²) in [6.07, 6.45) is 0.983. The van der Waals surface area contributed by atoms with Gasteiger partial charge in [-0.15, -0.1) is 0 Å². The molecule has 6 nitrogen and oxygen atoms in total. The van der Waals surface area contributed by atoms with E-state index in [4.69, 9.17) is 9.47 Å². The van der Waals surface area contributed by atoms with E-state index in [1.54, 1.807) is 31.4 Å². The second-order valence-electron chi connectivity index (χ2n) is 6.32. The average molecular weight is 372 g/mol. The highest BCUT2D eigenvalue weighted by atomic mass is 19.1. The first-order valence-electron chi connectivity index (χ1n) is 8.66. The Morgan fingerprint density at radius 1 is 1.00 bits per heavy atom. The van der Waals surface area contributed by atoms with E-state index in [1.165, 1.54) is 24.3 Å². The number of amides is 2. The molecule has 0 unspecified atom stereocenters. The second-order valence-corrected chi connectivity index (χ2v) is 6.32. The molecule has 0 radical (unpaired) electrons. The number of anilines is 1. The maximum Gasteiger partial charge on any atom is 0.240 e. The number of carbonyl (C=O) groups is 2. The fraction of sp³-hybridized carbons (Fsp3) is 0.300. The topological polar surface area (TPSA) is 76.7 Å². The Hall–Kier alpha value is -3.09. The first-order valence-corrected chi connectivity index (χ1v) is 8.66. The lowest BCUT2D eigenvalue weighted by Crippen LogP contribution is -2.41. The molecule has 0 aliphatic heterocycles. The molecule has 2 N–H and O–H groups in total. The Morgan fingerprint density at radius 3 is 2.22 bits per heavy atom. The number of carbonyl (C=O) groups excluding carboxylic acids is 2. The fourth-order valence-electron chi connectivity index (χ4n) is 2.64. The molecule has 2 amide bonds. The lowest BCUT2D eigenvalue weighted by molar-refractivity contribution is -0.134. The molecule has 2 aromatic rings. The van der Waals surface area contributed by atoms with Crippen LogP contribution in [0, 0.1) is 11.2 Å². The highest BCUT2D eigenvalue weighted by molar-refractivity contribution is 6.13. The summed E-state index contributed by atoms with van der Waals surface area (Å²) in [5.41, 5.74) is -0.586. The van der Waals surface area contributed by atoms with Crippen molar-refractivity contribution in [2.75, 3.05) is 25.6 Å². The summed E-state index contributed by atoms with van der Waals surface area (Å²) in [5, 5.41) is 5.41. The van der Waals surface area contributed by atoms with Crippen LogP contribution in [0.4, 0.5) is 10.1 Å². The number of hydrogen-bond donors (Lipinski definition) is 2. The van der Waals surface area contributed by atoms with E-state index < -0.39 is 5.41 Å². The van der Waals surface area contributed by atoms with Gasteiger partial charge in [-0.1, -0.05) is 0 Å². The quantitative estimate of drug-likeness (QED) is 0.552. The van der Waals surface area contributed by atoms with Crippen molar-refractivity contribution < 1.29 is 23.5 Å². The van der Waals surface area contributed by atoms with Crippen molar-refractivity contribution in [3.8, 4) is 11.5 Å². The molecule has 0 saturated heterocycles. The summed E-state index contributed by atoms with van der Waals surface area (Å²) in [6, 6.07) is 12.6. The van der Waals surface area contributed by atoms with Gasteiger partial charge in [0.1, 0.15) is 29.3 Å². The maximum atomic E-state index is 12.9. The van der Waals surface area contributed by atoms with E-state index >= 15 is 0 Å². The van der Waals surface area contributed by atoms with Crippen LogP contribution in [-0.2, 0) is 9.59 Å².